The Kier molecular flexibility index (Phi) is 5.14. The predicted molar refractivity (Wildman–Crippen MR) is 121 cm³/mol. The van der Waals surface area contributed by atoms with Crippen LogP contribution >= 0.6 is 11.3 Å². The summed E-state index contributed by atoms with van der Waals surface area (Å²) in [7, 11) is 0. The topological polar surface area (TPSA) is 73.5 Å². The first-order valence-electron chi connectivity index (χ1n) is 10.3. The molecule has 1 aromatic heterocycles. The van der Waals surface area contributed by atoms with Crippen LogP contribution in [0, 0.1) is 5.92 Å². The minimum absolute atomic E-state index is 0.0189. The van der Waals surface area contributed by atoms with E-state index in [4.69, 9.17) is 0 Å². The number of benzene rings is 2. The Morgan fingerprint density at radius 2 is 1.77 bits per heavy atom. The van der Waals surface area contributed by atoms with Crippen LogP contribution in [-0.4, -0.2) is 42.5 Å². The van der Waals surface area contributed by atoms with Crippen LogP contribution in [0.5, 0.6) is 0 Å². The van der Waals surface area contributed by atoms with E-state index in [1.807, 2.05) is 54.6 Å². The van der Waals surface area contributed by atoms with Crippen molar-refractivity contribution in [2.24, 2.45) is 5.92 Å². The monoisotopic (exact) mass is 420 g/mol. The lowest BCUT2D eigenvalue weighted by Crippen LogP contribution is -2.57. The van der Waals surface area contributed by atoms with Crippen LogP contribution in [0.2, 0.25) is 0 Å². The molecule has 1 atom stereocenters. The molecule has 3 amide bonds. The maximum Gasteiger partial charge on any atom is 0.323 e. The first-order chi connectivity index (χ1) is 14.7. The minimum atomic E-state index is -0.305. The third-order valence-electron chi connectivity index (χ3n) is 6.02. The van der Waals surface area contributed by atoms with E-state index in [0.29, 0.717) is 16.5 Å². The van der Waals surface area contributed by atoms with Crippen LogP contribution < -0.4 is 16.0 Å². The van der Waals surface area contributed by atoms with E-state index >= 15 is 0 Å². The Balaban J connectivity index is 1.31. The van der Waals surface area contributed by atoms with Gasteiger partial charge in [0.2, 0.25) is 0 Å². The summed E-state index contributed by atoms with van der Waals surface area (Å²) in [6.07, 6.45) is 2.34. The molecule has 3 N–H and O–H groups in total. The Bertz CT molecular complexity index is 1070. The van der Waals surface area contributed by atoms with Crippen molar-refractivity contribution in [1.29, 1.82) is 0 Å². The number of rotatable bonds is 4. The van der Waals surface area contributed by atoms with Crippen LogP contribution in [0.3, 0.4) is 0 Å². The first-order valence-corrected chi connectivity index (χ1v) is 11.2. The molecule has 6 nitrogen and oxygen atoms in total. The number of thiophene rings is 1. The van der Waals surface area contributed by atoms with Crippen molar-refractivity contribution in [1.82, 2.24) is 10.2 Å². The van der Waals surface area contributed by atoms with Gasteiger partial charge in [-0.25, -0.2) is 4.79 Å². The number of para-hydroxylation sites is 1. The van der Waals surface area contributed by atoms with Crippen molar-refractivity contribution in [3.8, 4) is 0 Å². The molecule has 3 aromatic rings. The number of nitrogens with zero attached hydrogens (tertiary/aromatic N) is 1. The molecule has 2 aromatic carbocycles. The summed E-state index contributed by atoms with van der Waals surface area (Å²) in [4.78, 5) is 28.4. The number of amides is 3. The molecule has 3 fully saturated rings. The number of piperidine rings is 3. The highest BCUT2D eigenvalue weighted by atomic mass is 32.1. The van der Waals surface area contributed by atoms with Crippen molar-refractivity contribution < 1.29 is 9.59 Å². The molecule has 2 bridgehead atoms. The average molecular weight is 421 g/mol. The van der Waals surface area contributed by atoms with Crippen molar-refractivity contribution in [2.75, 3.05) is 30.3 Å². The fraction of sp³-hybridized carbons (Fsp3) is 0.304. The van der Waals surface area contributed by atoms with Gasteiger partial charge in [-0.1, -0.05) is 30.3 Å². The highest BCUT2D eigenvalue weighted by Gasteiger charge is 2.35. The SMILES string of the molecule is O=C(Nc1ccccc1)Nc1cccc2cc(C(=O)NC3CN4CCC3CC4)sc12. The zero-order valence-electron chi connectivity index (χ0n) is 16.6. The highest BCUT2D eigenvalue weighted by Crippen LogP contribution is 2.33. The number of carbonyl (C=O) groups is 2. The van der Waals surface area contributed by atoms with Crippen LogP contribution in [-0.2, 0) is 0 Å². The van der Waals surface area contributed by atoms with Gasteiger partial charge in [-0.05, 0) is 61.5 Å². The standard InChI is InChI=1S/C23H24N4O2S/c28-22(25-19-14-27-11-9-15(19)10-12-27)20-13-16-5-4-8-18(21(16)30-20)26-23(29)24-17-6-2-1-3-7-17/h1-8,13,15,19H,9-12,14H2,(H,25,28)(H2,24,26,29). The van der Waals surface area contributed by atoms with Crippen molar-refractivity contribution in [2.45, 2.75) is 18.9 Å². The molecule has 0 saturated carbocycles. The van der Waals surface area contributed by atoms with Gasteiger partial charge < -0.3 is 20.9 Å². The maximum absolute atomic E-state index is 12.9. The molecule has 1 unspecified atom stereocenters. The quantitative estimate of drug-likeness (QED) is 0.587. The Morgan fingerprint density at radius 3 is 2.50 bits per heavy atom. The van der Waals surface area contributed by atoms with Crippen molar-refractivity contribution in [3.05, 3.63) is 59.5 Å². The second-order valence-corrected chi connectivity index (χ2v) is 9.05. The van der Waals surface area contributed by atoms with Crippen LogP contribution in [0.4, 0.5) is 16.2 Å². The first kappa shape index (κ1) is 19.1. The Labute approximate surface area is 179 Å². The van der Waals surface area contributed by atoms with Gasteiger partial charge in [-0.15, -0.1) is 11.3 Å². The van der Waals surface area contributed by atoms with Gasteiger partial charge in [0, 0.05) is 18.3 Å². The molecule has 0 spiro atoms. The van der Waals surface area contributed by atoms with Gasteiger partial charge in [-0.2, -0.15) is 0 Å². The molecule has 154 valence electrons. The molecular weight excluding hydrogens is 396 g/mol. The second-order valence-electron chi connectivity index (χ2n) is 8.00. The molecule has 3 aliphatic heterocycles. The molecule has 6 rings (SSSR count). The highest BCUT2D eigenvalue weighted by molar-refractivity contribution is 7.21. The summed E-state index contributed by atoms with van der Waals surface area (Å²) in [6, 6.07) is 16.9. The zero-order valence-corrected chi connectivity index (χ0v) is 17.4. The van der Waals surface area contributed by atoms with Crippen LogP contribution in [0.15, 0.2) is 54.6 Å². The number of fused-ring (bicyclic) bond motifs is 4. The second kappa shape index (κ2) is 8.08. The van der Waals surface area contributed by atoms with E-state index in [2.05, 4.69) is 20.9 Å². The van der Waals surface area contributed by atoms with E-state index < -0.39 is 0 Å². The molecule has 0 aliphatic carbocycles. The third kappa shape index (κ3) is 3.91. The number of hydrogen-bond donors (Lipinski definition) is 3. The van der Waals surface area contributed by atoms with Gasteiger partial charge in [0.1, 0.15) is 0 Å². The largest absolute Gasteiger partial charge is 0.347 e. The van der Waals surface area contributed by atoms with E-state index in [0.717, 1.165) is 35.4 Å². The molecule has 3 saturated heterocycles. The molecule has 0 radical (unpaired) electrons. The normalized spacial score (nSPS) is 22.6. The average Bonchev–Trinajstić information content (AvgIpc) is 3.21. The molecule has 30 heavy (non-hydrogen) atoms. The Morgan fingerprint density at radius 1 is 0.967 bits per heavy atom. The summed E-state index contributed by atoms with van der Waals surface area (Å²) in [5, 5.41) is 9.94. The summed E-state index contributed by atoms with van der Waals surface area (Å²) >= 11 is 1.42. The van der Waals surface area contributed by atoms with E-state index in [1.165, 1.54) is 24.2 Å². The maximum atomic E-state index is 12.9. The zero-order chi connectivity index (χ0) is 20.5. The lowest BCUT2D eigenvalue weighted by molar-refractivity contribution is 0.0622. The predicted octanol–water partition coefficient (Wildman–Crippen LogP) is 4.37. The fourth-order valence-electron chi connectivity index (χ4n) is 4.45. The number of nitrogens with one attached hydrogen (secondary N) is 3. The van der Waals surface area contributed by atoms with Gasteiger partial charge >= 0.3 is 6.03 Å². The number of urea groups is 1. The molecule has 3 aliphatic rings. The minimum Gasteiger partial charge on any atom is -0.347 e. The number of carbonyl (C=O) groups excluding carboxylic acids is 2. The van der Waals surface area contributed by atoms with Gasteiger partial charge in [0.25, 0.3) is 5.91 Å². The molecular formula is C23H24N4O2S. The number of hydrogen-bond acceptors (Lipinski definition) is 4. The van der Waals surface area contributed by atoms with Crippen LogP contribution in [0.25, 0.3) is 10.1 Å². The smallest absolute Gasteiger partial charge is 0.323 e. The summed E-state index contributed by atoms with van der Waals surface area (Å²) in [6.45, 7) is 3.26. The summed E-state index contributed by atoms with van der Waals surface area (Å²) < 4.78 is 0.903. The Hall–Kier alpha value is -2.90. The van der Waals surface area contributed by atoms with E-state index in [9.17, 15) is 9.59 Å². The summed E-state index contributed by atoms with van der Waals surface area (Å²) in [5.74, 6) is 0.571. The van der Waals surface area contributed by atoms with Crippen LogP contribution in [0.1, 0.15) is 22.5 Å². The number of anilines is 2. The van der Waals surface area contributed by atoms with Gasteiger partial charge in [0.05, 0.1) is 15.3 Å². The van der Waals surface area contributed by atoms with Crippen molar-refractivity contribution >= 4 is 44.7 Å². The molecule has 4 heterocycles. The van der Waals surface area contributed by atoms with Gasteiger partial charge in [-0.3, -0.25) is 4.79 Å². The lowest BCUT2D eigenvalue weighted by atomic mass is 9.84. The lowest BCUT2D eigenvalue weighted by Gasteiger charge is -2.44. The summed E-state index contributed by atoms with van der Waals surface area (Å²) in [5.41, 5.74) is 1.43. The molecule has 7 heteroatoms. The van der Waals surface area contributed by atoms with Gasteiger partial charge in [0.15, 0.2) is 0 Å². The van der Waals surface area contributed by atoms with Crippen molar-refractivity contribution in [3.63, 3.8) is 0 Å². The van der Waals surface area contributed by atoms with E-state index in [1.54, 1.807) is 0 Å². The third-order valence-corrected chi connectivity index (χ3v) is 7.20. The van der Waals surface area contributed by atoms with E-state index in [-0.39, 0.29) is 18.0 Å². The fourth-order valence-corrected chi connectivity index (χ4v) is 5.48.